The predicted molar refractivity (Wildman–Crippen MR) is 73.7 cm³/mol. The van der Waals surface area contributed by atoms with Gasteiger partial charge in [-0.05, 0) is 20.4 Å². The quantitative estimate of drug-likeness (QED) is 0.883. The Hall–Kier alpha value is -0.650. The molecule has 1 fully saturated rings. The lowest BCUT2D eigenvalue weighted by molar-refractivity contribution is 0.275. The third-order valence-electron chi connectivity index (χ3n) is 3.36. The maximum Gasteiger partial charge on any atom is 0.186 e. The minimum Gasteiger partial charge on any atom is -0.343 e. The molecule has 4 nitrogen and oxygen atoms in total. The molecule has 0 spiro atoms. The van der Waals surface area contributed by atoms with Crippen molar-refractivity contribution in [1.29, 1.82) is 0 Å². The predicted octanol–water partition coefficient (Wildman–Crippen LogP) is 1.30. The third-order valence-corrected chi connectivity index (χ3v) is 4.52. The molecule has 0 bridgehead atoms. The summed E-state index contributed by atoms with van der Waals surface area (Å²) in [7, 11) is 2.18. The molecular formula is C12H22N4S. The highest BCUT2D eigenvalue weighted by Crippen LogP contribution is 2.29. The number of nitrogens with two attached hydrogens (primary N) is 1. The average molecular weight is 254 g/mol. The van der Waals surface area contributed by atoms with Crippen molar-refractivity contribution in [3.05, 3.63) is 10.6 Å². The molecule has 5 heteroatoms. The second-order valence-electron chi connectivity index (χ2n) is 4.73. The van der Waals surface area contributed by atoms with Crippen LogP contribution in [0.25, 0.3) is 0 Å². The molecule has 1 unspecified atom stereocenters. The fourth-order valence-electron chi connectivity index (χ4n) is 2.35. The molecule has 2 N–H and O–H groups in total. The lowest BCUT2D eigenvalue weighted by Gasteiger charge is -2.38. The molecule has 96 valence electrons. The fourth-order valence-corrected chi connectivity index (χ4v) is 3.51. The highest BCUT2D eigenvalue weighted by atomic mass is 32.1. The number of hydrogen-bond acceptors (Lipinski definition) is 5. The maximum atomic E-state index is 5.77. The number of likely N-dealkylation sites (N-methyl/N-ethyl adjacent to an activating group) is 1. The number of rotatable bonds is 3. The van der Waals surface area contributed by atoms with E-state index in [2.05, 4.69) is 30.7 Å². The molecule has 0 aliphatic carbocycles. The van der Waals surface area contributed by atoms with Crippen molar-refractivity contribution in [2.24, 2.45) is 5.73 Å². The second kappa shape index (κ2) is 5.33. The van der Waals surface area contributed by atoms with Gasteiger partial charge in [-0.2, -0.15) is 0 Å². The molecule has 0 amide bonds. The Morgan fingerprint density at radius 2 is 2.24 bits per heavy atom. The molecule has 17 heavy (non-hydrogen) atoms. The molecule has 1 saturated heterocycles. The first-order chi connectivity index (χ1) is 8.15. The topological polar surface area (TPSA) is 45.4 Å². The number of piperazine rings is 1. The second-order valence-corrected chi connectivity index (χ2v) is 5.79. The minimum atomic E-state index is 0.537. The zero-order valence-corrected chi connectivity index (χ0v) is 11.8. The number of thiazole rings is 1. The third kappa shape index (κ3) is 2.61. The van der Waals surface area contributed by atoms with Gasteiger partial charge < -0.3 is 15.5 Å². The summed E-state index contributed by atoms with van der Waals surface area (Å²) in [4.78, 5) is 10.8. The van der Waals surface area contributed by atoms with Crippen molar-refractivity contribution in [2.45, 2.75) is 32.9 Å². The summed E-state index contributed by atoms with van der Waals surface area (Å²) in [6.07, 6.45) is 0.977. The van der Waals surface area contributed by atoms with Crippen LogP contribution in [-0.2, 0) is 13.0 Å². The molecule has 0 aromatic carbocycles. The number of anilines is 1. The Bertz CT molecular complexity index is 355. The lowest BCUT2D eigenvalue weighted by atomic mass is 10.2. The van der Waals surface area contributed by atoms with Gasteiger partial charge in [-0.1, -0.05) is 6.92 Å². The van der Waals surface area contributed by atoms with Crippen LogP contribution in [-0.4, -0.2) is 42.6 Å². The van der Waals surface area contributed by atoms with E-state index >= 15 is 0 Å². The van der Waals surface area contributed by atoms with Crippen molar-refractivity contribution >= 4 is 16.5 Å². The van der Waals surface area contributed by atoms with E-state index in [0.29, 0.717) is 12.6 Å². The van der Waals surface area contributed by atoms with Gasteiger partial charge in [0.2, 0.25) is 0 Å². The monoisotopic (exact) mass is 254 g/mol. The molecule has 1 aliphatic rings. The van der Waals surface area contributed by atoms with Gasteiger partial charge in [-0.15, -0.1) is 11.3 Å². The highest BCUT2D eigenvalue weighted by molar-refractivity contribution is 7.15. The van der Waals surface area contributed by atoms with Crippen molar-refractivity contribution in [2.75, 3.05) is 31.6 Å². The lowest BCUT2D eigenvalue weighted by Crippen LogP contribution is -2.50. The zero-order chi connectivity index (χ0) is 12.4. The largest absolute Gasteiger partial charge is 0.343 e. The average Bonchev–Trinajstić information content (AvgIpc) is 2.72. The summed E-state index contributed by atoms with van der Waals surface area (Å²) >= 11 is 1.77. The number of hydrogen-bond donors (Lipinski definition) is 1. The van der Waals surface area contributed by atoms with E-state index in [1.54, 1.807) is 11.3 Å². The number of nitrogens with zero attached hydrogens (tertiary/aromatic N) is 3. The van der Waals surface area contributed by atoms with Gasteiger partial charge in [-0.25, -0.2) is 4.98 Å². The van der Waals surface area contributed by atoms with Crippen LogP contribution in [0.5, 0.6) is 0 Å². The van der Waals surface area contributed by atoms with Crippen LogP contribution in [0, 0.1) is 0 Å². The van der Waals surface area contributed by atoms with Gasteiger partial charge >= 0.3 is 0 Å². The Morgan fingerprint density at radius 1 is 1.47 bits per heavy atom. The van der Waals surface area contributed by atoms with E-state index in [-0.39, 0.29) is 0 Å². The Morgan fingerprint density at radius 3 is 2.76 bits per heavy atom. The van der Waals surface area contributed by atoms with Gasteiger partial charge in [0.1, 0.15) is 0 Å². The van der Waals surface area contributed by atoms with Crippen LogP contribution >= 0.6 is 11.3 Å². The normalized spacial score (nSPS) is 22.1. The van der Waals surface area contributed by atoms with Crippen molar-refractivity contribution in [3.8, 4) is 0 Å². The molecule has 0 saturated carbocycles. The first-order valence-electron chi connectivity index (χ1n) is 6.29. The summed E-state index contributed by atoms with van der Waals surface area (Å²) in [6.45, 7) is 8.32. The van der Waals surface area contributed by atoms with E-state index in [4.69, 9.17) is 10.7 Å². The standard InChI is InChI=1S/C12H22N4S/c1-4-10-11(7-13)17-12(14-10)16-6-5-15(3)8-9(16)2/h9H,4-8,13H2,1-3H3. The van der Waals surface area contributed by atoms with Gasteiger partial charge in [0.05, 0.1) is 5.69 Å². The first kappa shape index (κ1) is 12.8. The summed E-state index contributed by atoms with van der Waals surface area (Å²) in [5.74, 6) is 0. The van der Waals surface area contributed by atoms with Crippen molar-refractivity contribution < 1.29 is 0 Å². The van der Waals surface area contributed by atoms with Crippen molar-refractivity contribution in [1.82, 2.24) is 9.88 Å². The van der Waals surface area contributed by atoms with E-state index in [1.807, 2.05) is 0 Å². The fraction of sp³-hybridized carbons (Fsp3) is 0.750. The van der Waals surface area contributed by atoms with E-state index < -0.39 is 0 Å². The molecule has 2 heterocycles. The van der Waals surface area contributed by atoms with Gasteiger partial charge in [-0.3, -0.25) is 0 Å². The number of aromatic nitrogens is 1. The van der Waals surface area contributed by atoms with E-state index in [9.17, 15) is 0 Å². The Balaban J connectivity index is 2.19. The van der Waals surface area contributed by atoms with Crippen LogP contribution in [0.15, 0.2) is 0 Å². The number of aryl methyl sites for hydroxylation is 1. The molecule has 1 aliphatic heterocycles. The van der Waals surface area contributed by atoms with Crippen LogP contribution < -0.4 is 10.6 Å². The molecule has 1 atom stereocenters. The van der Waals surface area contributed by atoms with Gasteiger partial charge in [0.25, 0.3) is 0 Å². The Labute approximate surface area is 107 Å². The molecule has 0 radical (unpaired) electrons. The smallest absolute Gasteiger partial charge is 0.186 e. The Kier molecular flexibility index (Phi) is 4.01. The van der Waals surface area contributed by atoms with Crippen LogP contribution in [0.4, 0.5) is 5.13 Å². The van der Waals surface area contributed by atoms with Crippen LogP contribution in [0.1, 0.15) is 24.4 Å². The van der Waals surface area contributed by atoms with E-state index in [1.165, 1.54) is 10.6 Å². The van der Waals surface area contributed by atoms with Crippen molar-refractivity contribution in [3.63, 3.8) is 0 Å². The first-order valence-corrected chi connectivity index (χ1v) is 7.11. The SMILES string of the molecule is CCc1nc(N2CCN(C)CC2C)sc1CN. The van der Waals surface area contributed by atoms with Gasteiger partial charge in [0, 0.05) is 37.1 Å². The van der Waals surface area contributed by atoms with E-state index in [0.717, 1.165) is 31.2 Å². The summed E-state index contributed by atoms with van der Waals surface area (Å²) in [5, 5.41) is 1.16. The highest BCUT2D eigenvalue weighted by Gasteiger charge is 2.24. The minimum absolute atomic E-state index is 0.537. The maximum absolute atomic E-state index is 5.77. The van der Waals surface area contributed by atoms with Gasteiger partial charge in [0.15, 0.2) is 5.13 Å². The molecule has 2 rings (SSSR count). The molecule has 1 aromatic heterocycles. The molecular weight excluding hydrogens is 232 g/mol. The summed E-state index contributed by atoms with van der Waals surface area (Å²) < 4.78 is 0. The van der Waals surface area contributed by atoms with Crippen LogP contribution in [0.2, 0.25) is 0 Å². The zero-order valence-electron chi connectivity index (χ0n) is 10.9. The summed E-state index contributed by atoms with van der Waals surface area (Å²) in [5.41, 5.74) is 6.95. The summed E-state index contributed by atoms with van der Waals surface area (Å²) in [6, 6.07) is 0.537. The van der Waals surface area contributed by atoms with Crippen LogP contribution in [0.3, 0.4) is 0 Å². The molecule has 1 aromatic rings.